The molecule has 0 aromatic heterocycles. The Labute approximate surface area is 86.9 Å². The Kier molecular flexibility index (Phi) is 7.76. The fraction of sp³-hybridized carbons (Fsp3) is 0.500. The van der Waals surface area contributed by atoms with E-state index in [1.807, 2.05) is 0 Å². The first-order chi connectivity index (χ1) is 6.63. The lowest BCUT2D eigenvalue weighted by Crippen LogP contribution is -2.10. The summed E-state index contributed by atoms with van der Waals surface area (Å²) in [7, 11) is 0.00849. The summed E-state index contributed by atoms with van der Waals surface area (Å²) in [5.74, 6) is -1.35. The molecular weight excluding hydrogens is 200 g/mol. The monoisotopic (exact) mass is 217 g/mol. The van der Waals surface area contributed by atoms with Crippen molar-refractivity contribution in [3.8, 4) is 0 Å². The third-order valence-corrected chi connectivity index (χ3v) is 2.86. The summed E-state index contributed by atoms with van der Waals surface area (Å²) < 4.78 is 5.21. The second kappa shape index (κ2) is 8.45. The van der Waals surface area contributed by atoms with Crippen LogP contribution in [0.1, 0.15) is 14.3 Å². The zero-order valence-corrected chi connectivity index (χ0v) is 9.48. The van der Waals surface area contributed by atoms with Gasteiger partial charge in [-0.3, -0.25) is 9.59 Å². The molecule has 0 unspecified atom stereocenters. The highest BCUT2D eigenvalue weighted by Crippen LogP contribution is 2.01. The molecule has 0 aromatic carbocycles. The molecule has 0 radical (unpaired) electrons. The molecule has 1 saturated heterocycles. The number of nitrogens with two attached hydrogens (primary N) is 2. The van der Waals surface area contributed by atoms with E-state index < -0.39 is 11.8 Å². The Morgan fingerprint density at radius 1 is 1.21 bits per heavy atom. The quantitative estimate of drug-likeness (QED) is 0.455. The van der Waals surface area contributed by atoms with E-state index in [-0.39, 0.29) is 11.2 Å². The third kappa shape index (κ3) is 10.9. The first-order valence-corrected chi connectivity index (χ1v) is 6.05. The number of primary amides is 2. The van der Waals surface area contributed by atoms with Gasteiger partial charge in [-0.1, -0.05) is 6.42 Å². The highest BCUT2D eigenvalue weighted by molar-refractivity contribution is 6.27. The Bertz CT molecular complexity index is 192. The SMILES string of the molecule is C1CC[SiH2]OC1.NC(=O)/C=C/C(N)=O.[H+]. The second-order valence-corrected chi connectivity index (χ2v) is 4.33. The Balaban J connectivity index is 0. The van der Waals surface area contributed by atoms with E-state index in [0.29, 0.717) is 0 Å². The molecule has 0 spiro atoms. The number of rotatable bonds is 2. The van der Waals surface area contributed by atoms with Crippen LogP contribution in [0.5, 0.6) is 0 Å². The van der Waals surface area contributed by atoms with Crippen LogP contribution in [0.3, 0.4) is 0 Å². The summed E-state index contributed by atoms with van der Waals surface area (Å²) in [4.78, 5) is 19.7. The van der Waals surface area contributed by atoms with Crippen molar-refractivity contribution in [2.24, 2.45) is 11.5 Å². The minimum absolute atomic E-state index is 0. The van der Waals surface area contributed by atoms with Crippen LogP contribution in [0.4, 0.5) is 0 Å². The molecule has 0 saturated carbocycles. The molecule has 1 aliphatic rings. The summed E-state index contributed by atoms with van der Waals surface area (Å²) >= 11 is 0. The van der Waals surface area contributed by atoms with Crippen molar-refractivity contribution in [1.29, 1.82) is 0 Å². The molecule has 80 valence electrons. The van der Waals surface area contributed by atoms with Gasteiger partial charge in [-0.15, -0.1) is 0 Å². The summed E-state index contributed by atoms with van der Waals surface area (Å²) in [5.41, 5.74) is 9.21. The average molecular weight is 217 g/mol. The maximum Gasteiger partial charge on any atom is 1.00 e. The lowest BCUT2D eigenvalue weighted by molar-refractivity contribution is -0.115. The maximum atomic E-state index is 9.83. The molecule has 0 aromatic rings. The van der Waals surface area contributed by atoms with Gasteiger partial charge < -0.3 is 15.9 Å². The molecule has 0 bridgehead atoms. The largest absolute Gasteiger partial charge is 1.00 e. The molecule has 1 fully saturated rings. The van der Waals surface area contributed by atoms with Crippen LogP contribution in [-0.2, 0) is 14.0 Å². The van der Waals surface area contributed by atoms with Gasteiger partial charge in [0.05, 0.1) is 0 Å². The molecule has 0 atom stereocenters. The summed E-state index contributed by atoms with van der Waals surface area (Å²) in [6.45, 7) is 1.06. The number of carbonyl (C=O) groups is 2. The molecule has 0 aliphatic carbocycles. The first-order valence-electron chi connectivity index (χ1n) is 4.47. The highest BCUT2D eigenvalue weighted by Gasteiger charge is 1.96. The maximum absolute atomic E-state index is 9.83. The smallest absolute Gasteiger partial charge is 0.424 e. The zero-order valence-electron chi connectivity index (χ0n) is 9.07. The molecule has 2 amide bonds. The normalized spacial score (nSPS) is 17.4. The molecular formula is C8H17N2O3Si+. The van der Waals surface area contributed by atoms with Gasteiger partial charge in [-0.05, 0) is 12.5 Å². The summed E-state index contributed by atoms with van der Waals surface area (Å²) in [6.07, 6.45) is 4.56. The lowest BCUT2D eigenvalue weighted by atomic mass is 10.4. The molecule has 14 heavy (non-hydrogen) atoms. The minimum Gasteiger partial charge on any atom is -0.424 e. The van der Waals surface area contributed by atoms with E-state index >= 15 is 0 Å². The lowest BCUT2D eigenvalue weighted by Gasteiger charge is -2.07. The fourth-order valence-corrected chi connectivity index (χ4v) is 2.02. The van der Waals surface area contributed by atoms with Crippen LogP contribution in [0, 0.1) is 0 Å². The number of carbonyl (C=O) groups excluding carboxylic acids is 2. The molecule has 5 nitrogen and oxygen atoms in total. The van der Waals surface area contributed by atoms with Crippen LogP contribution in [0.2, 0.25) is 6.04 Å². The summed E-state index contributed by atoms with van der Waals surface area (Å²) in [6, 6.07) is 1.42. The third-order valence-electron chi connectivity index (χ3n) is 1.49. The zero-order chi connectivity index (χ0) is 10.8. The van der Waals surface area contributed by atoms with E-state index in [9.17, 15) is 9.59 Å². The van der Waals surface area contributed by atoms with Gasteiger partial charge in [-0.25, -0.2) is 0 Å². The van der Waals surface area contributed by atoms with Crippen molar-refractivity contribution in [2.45, 2.75) is 18.9 Å². The fourth-order valence-electron chi connectivity index (χ4n) is 0.851. The van der Waals surface area contributed by atoms with Gasteiger partial charge in [0.15, 0.2) is 9.76 Å². The standard InChI is InChI=1S/C4H6N2O2.C4H10OSi/c5-3(7)1-2-4(6)8;1-2-4-6-5-3-1/h1-2H,(H2,5,7)(H2,6,8);1-4,6H2/p+1/b2-1+;. The number of hydrogen-bond acceptors (Lipinski definition) is 3. The van der Waals surface area contributed by atoms with Crippen LogP contribution < -0.4 is 11.5 Å². The van der Waals surface area contributed by atoms with Crippen LogP contribution in [-0.4, -0.2) is 28.2 Å². The van der Waals surface area contributed by atoms with Gasteiger partial charge in [0.25, 0.3) is 0 Å². The Morgan fingerprint density at radius 2 is 1.79 bits per heavy atom. The molecule has 1 aliphatic heterocycles. The van der Waals surface area contributed by atoms with Gasteiger partial charge in [0.2, 0.25) is 11.8 Å². The van der Waals surface area contributed by atoms with Gasteiger partial charge in [-0.2, -0.15) is 0 Å². The molecule has 6 heteroatoms. The molecule has 4 N–H and O–H groups in total. The van der Waals surface area contributed by atoms with E-state index in [4.69, 9.17) is 4.43 Å². The van der Waals surface area contributed by atoms with Crippen molar-refractivity contribution in [1.82, 2.24) is 0 Å². The van der Waals surface area contributed by atoms with E-state index in [2.05, 4.69) is 11.5 Å². The van der Waals surface area contributed by atoms with Crippen molar-refractivity contribution in [2.75, 3.05) is 6.61 Å². The Hall–Kier alpha value is -1.14. The first kappa shape index (κ1) is 12.9. The van der Waals surface area contributed by atoms with Gasteiger partial charge in [0, 0.05) is 18.8 Å². The van der Waals surface area contributed by atoms with E-state index in [1.54, 1.807) is 0 Å². The predicted octanol–water partition coefficient (Wildman–Crippen LogP) is -1.08. The Morgan fingerprint density at radius 3 is 1.93 bits per heavy atom. The highest BCUT2D eigenvalue weighted by atomic mass is 28.2. The van der Waals surface area contributed by atoms with Crippen LogP contribution in [0.25, 0.3) is 0 Å². The second-order valence-electron chi connectivity index (χ2n) is 2.81. The van der Waals surface area contributed by atoms with Gasteiger partial charge >= 0.3 is 1.43 Å². The minimum atomic E-state index is -0.677. The van der Waals surface area contributed by atoms with Gasteiger partial charge in [0.1, 0.15) is 0 Å². The van der Waals surface area contributed by atoms with Crippen molar-refractivity contribution >= 4 is 21.6 Å². The predicted molar refractivity (Wildman–Crippen MR) is 57.2 cm³/mol. The number of amides is 2. The average Bonchev–Trinajstić information content (AvgIpc) is 2.18. The van der Waals surface area contributed by atoms with Crippen molar-refractivity contribution in [3.63, 3.8) is 0 Å². The molecule has 1 heterocycles. The summed E-state index contributed by atoms with van der Waals surface area (Å²) in [5, 5.41) is 0. The van der Waals surface area contributed by atoms with E-state index in [1.165, 1.54) is 18.9 Å². The van der Waals surface area contributed by atoms with Crippen molar-refractivity contribution in [3.05, 3.63) is 12.2 Å². The van der Waals surface area contributed by atoms with Crippen LogP contribution >= 0.6 is 0 Å². The number of hydrogen-bond donors (Lipinski definition) is 2. The molecule has 1 rings (SSSR count). The van der Waals surface area contributed by atoms with E-state index in [0.717, 1.165) is 18.8 Å². The van der Waals surface area contributed by atoms with Crippen LogP contribution in [0.15, 0.2) is 12.2 Å². The topological polar surface area (TPSA) is 95.4 Å². The van der Waals surface area contributed by atoms with Crippen molar-refractivity contribution < 1.29 is 15.4 Å².